The van der Waals surface area contributed by atoms with E-state index in [-0.39, 0.29) is 16.7 Å². The van der Waals surface area contributed by atoms with Crippen LogP contribution in [-0.2, 0) is 17.6 Å². The Bertz CT molecular complexity index is 833. The highest BCUT2D eigenvalue weighted by Crippen LogP contribution is 2.23. The first-order valence-electron chi connectivity index (χ1n) is 8.89. The lowest BCUT2D eigenvalue weighted by Crippen LogP contribution is -2.25. The Labute approximate surface area is 156 Å². The highest BCUT2D eigenvalue weighted by molar-refractivity contribution is 8.00. The summed E-state index contributed by atoms with van der Waals surface area (Å²) in [4.78, 5) is 32.0. The highest BCUT2D eigenvalue weighted by Gasteiger charge is 2.19. The first kappa shape index (κ1) is 18.5. The van der Waals surface area contributed by atoms with Crippen LogP contribution in [0.5, 0.6) is 5.75 Å². The Kier molecular flexibility index (Phi) is 5.98. The number of hydrogen-bond donors (Lipinski definition) is 2. The minimum Gasteiger partial charge on any atom is -0.494 e. The minimum atomic E-state index is -0.383. The van der Waals surface area contributed by atoms with Crippen LogP contribution in [0.3, 0.4) is 0 Å². The molecule has 1 aromatic carbocycles. The molecular weight excluding hydrogens is 350 g/mol. The number of rotatable bonds is 6. The number of thioether (sulfide) groups is 1. The monoisotopic (exact) mass is 373 g/mol. The molecule has 0 unspecified atom stereocenters. The number of carbonyl (C=O) groups excluding carboxylic acids is 1. The first-order valence-corrected chi connectivity index (χ1v) is 9.77. The Morgan fingerprint density at radius 2 is 2.04 bits per heavy atom. The number of aromatic nitrogens is 2. The molecular formula is C19H23N3O3S. The van der Waals surface area contributed by atoms with Gasteiger partial charge in [-0.05, 0) is 63.8 Å². The van der Waals surface area contributed by atoms with Gasteiger partial charge in [-0.1, -0.05) is 11.8 Å². The Balaban J connectivity index is 1.64. The third-order valence-electron chi connectivity index (χ3n) is 4.26. The quantitative estimate of drug-likeness (QED) is 0.600. The topological polar surface area (TPSA) is 84.1 Å². The van der Waals surface area contributed by atoms with Gasteiger partial charge >= 0.3 is 0 Å². The van der Waals surface area contributed by atoms with Gasteiger partial charge in [0, 0.05) is 11.3 Å². The van der Waals surface area contributed by atoms with Gasteiger partial charge in [-0.25, -0.2) is 4.98 Å². The number of amides is 1. The van der Waals surface area contributed by atoms with Gasteiger partial charge in [0.25, 0.3) is 5.56 Å². The third kappa shape index (κ3) is 4.46. The van der Waals surface area contributed by atoms with Gasteiger partial charge in [0.05, 0.1) is 17.6 Å². The van der Waals surface area contributed by atoms with Crippen LogP contribution in [0.25, 0.3) is 0 Å². The van der Waals surface area contributed by atoms with Crippen LogP contribution in [0.15, 0.2) is 34.2 Å². The van der Waals surface area contributed by atoms with E-state index in [1.54, 1.807) is 19.1 Å². The van der Waals surface area contributed by atoms with Crippen molar-refractivity contribution in [2.75, 3.05) is 11.9 Å². The summed E-state index contributed by atoms with van der Waals surface area (Å²) in [6.45, 7) is 4.33. The maximum Gasteiger partial charge on any atom is 0.254 e. The van der Waals surface area contributed by atoms with Gasteiger partial charge in [-0.3, -0.25) is 9.59 Å². The normalized spacial score (nSPS) is 14.4. The van der Waals surface area contributed by atoms with Gasteiger partial charge in [-0.2, -0.15) is 0 Å². The van der Waals surface area contributed by atoms with Crippen LogP contribution in [0.4, 0.5) is 5.69 Å². The summed E-state index contributed by atoms with van der Waals surface area (Å²) < 4.78 is 5.39. The SMILES string of the molecule is CCOc1ccc(NC(=O)[C@@H](C)Sc2nc3c(c(=O)[nH]2)CCCC3)cc1. The van der Waals surface area contributed by atoms with Crippen molar-refractivity contribution in [3.63, 3.8) is 0 Å². The zero-order valence-electron chi connectivity index (χ0n) is 15.0. The molecule has 7 heteroatoms. The average Bonchev–Trinajstić information content (AvgIpc) is 2.63. The second-order valence-electron chi connectivity index (χ2n) is 6.21. The summed E-state index contributed by atoms with van der Waals surface area (Å²) in [5, 5.41) is 2.99. The number of ether oxygens (including phenoxy) is 1. The van der Waals surface area contributed by atoms with Gasteiger partial charge < -0.3 is 15.0 Å². The fourth-order valence-electron chi connectivity index (χ4n) is 2.90. The largest absolute Gasteiger partial charge is 0.494 e. The number of aryl methyl sites for hydroxylation is 1. The molecule has 1 atom stereocenters. The molecule has 138 valence electrons. The lowest BCUT2D eigenvalue weighted by atomic mass is 9.97. The summed E-state index contributed by atoms with van der Waals surface area (Å²) in [6.07, 6.45) is 3.71. The Morgan fingerprint density at radius 3 is 2.77 bits per heavy atom. The molecule has 2 aromatic rings. The standard InChI is InChI=1S/C19H23N3O3S/c1-3-25-14-10-8-13(9-11-14)20-17(23)12(2)26-19-21-16-7-5-4-6-15(16)18(24)22-19/h8-12H,3-7H2,1-2H3,(H,20,23)(H,21,22,24)/t12-/m1/s1. The molecule has 3 rings (SSSR count). The highest BCUT2D eigenvalue weighted by atomic mass is 32.2. The molecule has 0 fully saturated rings. The Hall–Kier alpha value is -2.28. The average molecular weight is 373 g/mol. The van der Waals surface area contributed by atoms with E-state index in [2.05, 4.69) is 15.3 Å². The fraction of sp³-hybridized carbons (Fsp3) is 0.421. The van der Waals surface area contributed by atoms with E-state index >= 15 is 0 Å². The van der Waals surface area contributed by atoms with Gasteiger partial charge in [0.15, 0.2) is 5.16 Å². The van der Waals surface area contributed by atoms with Crippen LogP contribution in [-0.4, -0.2) is 27.7 Å². The maximum atomic E-state index is 12.4. The van der Waals surface area contributed by atoms with E-state index in [1.807, 2.05) is 19.1 Å². The number of H-pyrrole nitrogens is 1. The second-order valence-corrected chi connectivity index (χ2v) is 7.54. The second kappa shape index (κ2) is 8.40. The predicted molar refractivity (Wildman–Crippen MR) is 103 cm³/mol. The molecule has 2 N–H and O–H groups in total. The molecule has 0 saturated heterocycles. The maximum absolute atomic E-state index is 12.4. The zero-order chi connectivity index (χ0) is 18.5. The summed E-state index contributed by atoms with van der Waals surface area (Å²) in [5.74, 6) is 0.628. The van der Waals surface area contributed by atoms with E-state index in [0.717, 1.165) is 42.7 Å². The number of anilines is 1. The number of nitrogens with one attached hydrogen (secondary N) is 2. The van der Waals surface area contributed by atoms with Crippen LogP contribution in [0.1, 0.15) is 37.9 Å². The molecule has 0 saturated carbocycles. The van der Waals surface area contributed by atoms with E-state index in [9.17, 15) is 9.59 Å². The van der Waals surface area contributed by atoms with Crippen molar-refractivity contribution in [3.8, 4) is 5.75 Å². The molecule has 1 aliphatic rings. The summed E-state index contributed by atoms with van der Waals surface area (Å²) in [7, 11) is 0. The Morgan fingerprint density at radius 1 is 1.31 bits per heavy atom. The van der Waals surface area contributed by atoms with Gasteiger partial charge in [0.2, 0.25) is 5.91 Å². The minimum absolute atomic E-state index is 0.0729. The van der Waals surface area contributed by atoms with E-state index in [1.165, 1.54) is 11.8 Å². The lowest BCUT2D eigenvalue weighted by Gasteiger charge is -2.16. The van der Waals surface area contributed by atoms with Crippen LogP contribution >= 0.6 is 11.8 Å². The number of nitrogens with zero attached hydrogens (tertiary/aromatic N) is 1. The number of fused-ring (bicyclic) bond motifs is 1. The van der Waals surface area contributed by atoms with Crippen molar-refractivity contribution in [2.24, 2.45) is 0 Å². The molecule has 0 radical (unpaired) electrons. The molecule has 0 bridgehead atoms. The van der Waals surface area contributed by atoms with E-state index < -0.39 is 0 Å². The van der Waals surface area contributed by atoms with Gasteiger partial charge in [0.1, 0.15) is 5.75 Å². The predicted octanol–water partition coefficient (Wildman–Crippen LogP) is 3.17. The summed E-state index contributed by atoms with van der Waals surface area (Å²) in [5.41, 5.74) is 2.31. The molecule has 1 aromatic heterocycles. The lowest BCUT2D eigenvalue weighted by molar-refractivity contribution is -0.115. The van der Waals surface area contributed by atoms with Crippen molar-refractivity contribution in [1.82, 2.24) is 9.97 Å². The van der Waals surface area contributed by atoms with Crippen molar-refractivity contribution in [2.45, 2.75) is 49.9 Å². The smallest absolute Gasteiger partial charge is 0.254 e. The fourth-order valence-corrected chi connectivity index (χ4v) is 3.72. The van der Waals surface area contributed by atoms with Crippen molar-refractivity contribution >= 4 is 23.4 Å². The zero-order valence-corrected chi connectivity index (χ0v) is 15.8. The molecule has 26 heavy (non-hydrogen) atoms. The molecule has 6 nitrogen and oxygen atoms in total. The summed E-state index contributed by atoms with van der Waals surface area (Å²) in [6, 6.07) is 7.25. The number of benzene rings is 1. The van der Waals surface area contributed by atoms with Crippen molar-refractivity contribution in [3.05, 3.63) is 45.9 Å². The molecule has 1 aliphatic carbocycles. The van der Waals surface area contributed by atoms with Crippen molar-refractivity contribution in [1.29, 1.82) is 0 Å². The van der Waals surface area contributed by atoms with Crippen LogP contribution in [0, 0.1) is 0 Å². The first-order chi connectivity index (χ1) is 12.6. The molecule has 0 aliphatic heterocycles. The van der Waals surface area contributed by atoms with Crippen LogP contribution in [0.2, 0.25) is 0 Å². The number of hydrogen-bond acceptors (Lipinski definition) is 5. The number of aromatic amines is 1. The summed E-state index contributed by atoms with van der Waals surface area (Å²) >= 11 is 1.27. The van der Waals surface area contributed by atoms with Gasteiger partial charge in [-0.15, -0.1) is 0 Å². The van der Waals surface area contributed by atoms with E-state index in [0.29, 0.717) is 17.5 Å². The van der Waals surface area contributed by atoms with Crippen LogP contribution < -0.4 is 15.6 Å². The molecule has 1 heterocycles. The van der Waals surface area contributed by atoms with Crippen molar-refractivity contribution < 1.29 is 9.53 Å². The van der Waals surface area contributed by atoms with E-state index in [4.69, 9.17) is 4.74 Å². The molecule has 0 spiro atoms. The third-order valence-corrected chi connectivity index (χ3v) is 5.24. The molecule has 1 amide bonds. The number of carbonyl (C=O) groups is 1.